The quantitative estimate of drug-likeness (QED) is 0.828. The van der Waals surface area contributed by atoms with E-state index < -0.39 is 0 Å². The van der Waals surface area contributed by atoms with E-state index in [2.05, 4.69) is 31.1 Å². The van der Waals surface area contributed by atoms with Crippen LogP contribution in [0, 0.1) is 11.8 Å². The van der Waals surface area contributed by atoms with Crippen molar-refractivity contribution in [2.24, 2.45) is 11.8 Å². The number of hydrogen-bond acceptors (Lipinski definition) is 5. The Morgan fingerprint density at radius 1 is 1.08 bits per heavy atom. The van der Waals surface area contributed by atoms with Crippen LogP contribution in [-0.2, 0) is 4.79 Å². The van der Waals surface area contributed by atoms with Gasteiger partial charge in [-0.2, -0.15) is 0 Å². The van der Waals surface area contributed by atoms with Gasteiger partial charge in [-0.3, -0.25) is 9.69 Å². The first-order valence-corrected chi connectivity index (χ1v) is 8.66. The van der Waals surface area contributed by atoms with E-state index in [9.17, 15) is 4.79 Å². The molecule has 140 valence electrons. The predicted molar refractivity (Wildman–Crippen MR) is 104 cm³/mol. The van der Waals surface area contributed by atoms with Gasteiger partial charge in [-0.1, -0.05) is 6.07 Å². The van der Waals surface area contributed by atoms with Crippen LogP contribution in [0.25, 0.3) is 0 Å². The van der Waals surface area contributed by atoms with Crippen molar-refractivity contribution in [3.05, 3.63) is 24.4 Å². The fourth-order valence-corrected chi connectivity index (χ4v) is 4.03. The number of nitrogens with zero attached hydrogens (tertiary/aromatic N) is 4. The van der Waals surface area contributed by atoms with Crippen molar-refractivity contribution in [2.45, 2.75) is 0 Å². The highest BCUT2D eigenvalue weighted by molar-refractivity contribution is 5.85. The number of nitrogens with one attached hydrogen (secondary N) is 1. The van der Waals surface area contributed by atoms with Crippen LogP contribution in [0.5, 0.6) is 0 Å². The van der Waals surface area contributed by atoms with Crippen LogP contribution >= 0.6 is 24.8 Å². The smallest absolute Gasteiger partial charge is 0.236 e. The summed E-state index contributed by atoms with van der Waals surface area (Å²) in [6, 6.07) is 6.02. The molecule has 1 aromatic rings. The molecular formula is C17H27Cl2N5O. The number of likely N-dealkylation sites (tertiary alicyclic amines) is 1. The zero-order chi connectivity index (χ0) is 15.6. The second kappa shape index (κ2) is 9.03. The van der Waals surface area contributed by atoms with Gasteiger partial charge in [0.2, 0.25) is 5.91 Å². The Morgan fingerprint density at radius 3 is 2.36 bits per heavy atom. The number of pyridine rings is 1. The maximum Gasteiger partial charge on any atom is 0.236 e. The SMILES string of the molecule is Cl.Cl.O=C(CN1CCN(c2ccccn2)CC1)N1C[C@H]2CNC[C@H]2C1. The molecule has 4 rings (SSSR count). The van der Waals surface area contributed by atoms with Crippen LogP contribution in [-0.4, -0.2) is 79.6 Å². The summed E-state index contributed by atoms with van der Waals surface area (Å²) in [5, 5.41) is 3.43. The van der Waals surface area contributed by atoms with Gasteiger partial charge >= 0.3 is 0 Å². The molecule has 2 atom stereocenters. The topological polar surface area (TPSA) is 51.7 Å². The lowest BCUT2D eigenvalue weighted by atomic mass is 10.0. The first-order chi connectivity index (χ1) is 11.3. The summed E-state index contributed by atoms with van der Waals surface area (Å²) in [5.41, 5.74) is 0. The van der Waals surface area contributed by atoms with Gasteiger partial charge in [-0.15, -0.1) is 24.8 Å². The van der Waals surface area contributed by atoms with Crippen molar-refractivity contribution in [1.29, 1.82) is 0 Å². The molecule has 3 saturated heterocycles. The number of rotatable bonds is 3. The van der Waals surface area contributed by atoms with Gasteiger partial charge in [0, 0.05) is 58.6 Å². The lowest BCUT2D eigenvalue weighted by molar-refractivity contribution is -0.131. The second-order valence-corrected chi connectivity index (χ2v) is 6.93. The number of carbonyl (C=O) groups excluding carboxylic acids is 1. The number of fused-ring (bicyclic) bond motifs is 1. The molecule has 3 fully saturated rings. The van der Waals surface area contributed by atoms with E-state index in [0.29, 0.717) is 24.3 Å². The number of carbonyl (C=O) groups is 1. The van der Waals surface area contributed by atoms with E-state index in [1.165, 1.54) is 0 Å². The number of hydrogen-bond donors (Lipinski definition) is 1. The normalized spacial score (nSPS) is 25.9. The van der Waals surface area contributed by atoms with Crippen LogP contribution < -0.4 is 10.2 Å². The molecule has 0 bridgehead atoms. The van der Waals surface area contributed by atoms with E-state index in [0.717, 1.165) is 58.2 Å². The van der Waals surface area contributed by atoms with E-state index >= 15 is 0 Å². The zero-order valence-electron chi connectivity index (χ0n) is 14.3. The molecule has 25 heavy (non-hydrogen) atoms. The lowest BCUT2D eigenvalue weighted by Crippen LogP contribution is -2.50. The maximum absolute atomic E-state index is 12.5. The fraction of sp³-hybridized carbons (Fsp3) is 0.647. The van der Waals surface area contributed by atoms with E-state index in [1.807, 2.05) is 18.3 Å². The lowest BCUT2D eigenvalue weighted by Gasteiger charge is -2.35. The molecule has 0 aliphatic carbocycles. The van der Waals surface area contributed by atoms with Crippen molar-refractivity contribution in [2.75, 3.05) is 63.8 Å². The Hall–Kier alpha value is -1.08. The van der Waals surface area contributed by atoms with Gasteiger partial charge in [-0.25, -0.2) is 4.98 Å². The minimum atomic E-state index is 0. The molecule has 0 unspecified atom stereocenters. The minimum Gasteiger partial charge on any atom is -0.354 e. The molecule has 0 radical (unpaired) electrons. The van der Waals surface area contributed by atoms with Crippen LogP contribution in [0.15, 0.2) is 24.4 Å². The molecule has 6 nitrogen and oxygen atoms in total. The van der Waals surface area contributed by atoms with E-state index in [-0.39, 0.29) is 24.8 Å². The maximum atomic E-state index is 12.5. The summed E-state index contributed by atoms with van der Waals surface area (Å²) >= 11 is 0. The first kappa shape index (κ1) is 20.2. The molecule has 3 aliphatic rings. The van der Waals surface area contributed by atoms with Crippen LogP contribution in [0.2, 0.25) is 0 Å². The molecule has 4 heterocycles. The van der Waals surface area contributed by atoms with Crippen LogP contribution in [0.4, 0.5) is 5.82 Å². The Labute approximate surface area is 161 Å². The van der Waals surface area contributed by atoms with Crippen molar-refractivity contribution in [3.63, 3.8) is 0 Å². The molecule has 0 spiro atoms. The van der Waals surface area contributed by atoms with E-state index in [1.54, 1.807) is 0 Å². The third-order valence-electron chi connectivity index (χ3n) is 5.45. The molecule has 3 aliphatic heterocycles. The van der Waals surface area contributed by atoms with Crippen molar-refractivity contribution >= 4 is 36.5 Å². The Morgan fingerprint density at radius 2 is 1.76 bits per heavy atom. The summed E-state index contributed by atoms with van der Waals surface area (Å²) < 4.78 is 0. The molecule has 0 saturated carbocycles. The van der Waals surface area contributed by atoms with Gasteiger partial charge < -0.3 is 15.1 Å². The van der Waals surface area contributed by atoms with Gasteiger partial charge in [0.05, 0.1) is 6.54 Å². The van der Waals surface area contributed by atoms with Crippen LogP contribution in [0.3, 0.4) is 0 Å². The number of amides is 1. The zero-order valence-corrected chi connectivity index (χ0v) is 16.0. The Bertz CT molecular complexity index is 541. The minimum absolute atomic E-state index is 0. The van der Waals surface area contributed by atoms with Crippen molar-refractivity contribution in [1.82, 2.24) is 20.1 Å². The highest BCUT2D eigenvalue weighted by Crippen LogP contribution is 2.26. The first-order valence-electron chi connectivity index (χ1n) is 8.66. The third kappa shape index (κ3) is 4.56. The highest BCUT2D eigenvalue weighted by Gasteiger charge is 2.38. The van der Waals surface area contributed by atoms with Crippen molar-refractivity contribution < 1.29 is 4.79 Å². The molecule has 1 N–H and O–H groups in total. The predicted octanol–water partition coefficient (Wildman–Crippen LogP) is 0.725. The molecule has 0 aromatic carbocycles. The number of piperazine rings is 1. The number of anilines is 1. The summed E-state index contributed by atoms with van der Waals surface area (Å²) in [7, 11) is 0. The monoisotopic (exact) mass is 387 g/mol. The second-order valence-electron chi connectivity index (χ2n) is 6.93. The largest absolute Gasteiger partial charge is 0.354 e. The average Bonchev–Trinajstić information content (AvgIpc) is 3.18. The average molecular weight is 388 g/mol. The third-order valence-corrected chi connectivity index (χ3v) is 5.45. The van der Waals surface area contributed by atoms with Crippen LogP contribution in [0.1, 0.15) is 0 Å². The van der Waals surface area contributed by atoms with Crippen molar-refractivity contribution in [3.8, 4) is 0 Å². The summed E-state index contributed by atoms with van der Waals surface area (Å²) in [5.74, 6) is 2.71. The standard InChI is InChI=1S/C17H25N5O.2ClH/c23-17(22-11-14-9-18-10-15(14)12-22)13-20-5-7-21(8-6-20)16-3-1-2-4-19-16;;/h1-4,14-15,18H,5-13H2;2*1H/t14-,15+;;. The Kier molecular flexibility index (Phi) is 7.31. The Balaban J connectivity index is 0.00000113. The van der Waals surface area contributed by atoms with E-state index in [4.69, 9.17) is 0 Å². The number of halogens is 2. The molecule has 1 aromatic heterocycles. The highest BCUT2D eigenvalue weighted by atomic mass is 35.5. The molecule has 8 heteroatoms. The van der Waals surface area contributed by atoms with Gasteiger partial charge in [-0.05, 0) is 24.0 Å². The molecular weight excluding hydrogens is 361 g/mol. The fourth-order valence-electron chi connectivity index (χ4n) is 4.03. The summed E-state index contributed by atoms with van der Waals surface area (Å²) in [6.07, 6.45) is 1.84. The summed E-state index contributed by atoms with van der Waals surface area (Å²) in [4.78, 5) is 23.6. The number of aromatic nitrogens is 1. The summed E-state index contributed by atoms with van der Waals surface area (Å²) in [6.45, 7) is 8.39. The van der Waals surface area contributed by atoms with Gasteiger partial charge in [0.25, 0.3) is 0 Å². The molecule has 1 amide bonds. The van der Waals surface area contributed by atoms with Gasteiger partial charge in [0.1, 0.15) is 5.82 Å². The van der Waals surface area contributed by atoms with Gasteiger partial charge in [0.15, 0.2) is 0 Å².